The number of aliphatic carboxylic acids is 1. The summed E-state index contributed by atoms with van der Waals surface area (Å²) in [6.07, 6.45) is 4.49. The van der Waals surface area contributed by atoms with Crippen molar-refractivity contribution in [1.82, 2.24) is 10.2 Å². The van der Waals surface area contributed by atoms with E-state index in [1.165, 1.54) is 6.92 Å². The molecule has 1 aliphatic carbocycles. The fourth-order valence-corrected chi connectivity index (χ4v) is 3.09. The molecule has 0 radical (unpaired) electrons. The molecule has 2 aliphatic rings. The molecule has 2 amide bonds. The molecule has 0 aromatic carbocycles. The number of likely N-dealkylation sites (tertiary alicyclic amines) is 1. The summed E-state index contributed by atoms with van der Waals surface area (Å²) >= 11 is 0. The Hall–Kier alpha value is -1.30. The van der Waals surface area contributed by atoms with Crippen molar-refractivity contribution >= 4 is 12.0 Å². The van der Waals surface area contributed by atoms with Crippen LogP contribution in [0.3, 0.4) is 0 Å². The van der Waals surface area contributed by atoms with Crippen molar-refractivity contribution in [3.63, 3.8) is 0 Å². The van der Waals surface area contributed by atoms with Gasteiger partial charge in [-0.1, -0.05) is 12.8 Å². The highest BCUT2D eigenvalue weighted by molar-refractivity contribution is 5.82. The first kappa shape index (κ1) is 14.1. The quantitative estimate of drug-likeness (QED) is 0.692. The smallest absolute Gasteiger partial charge is 0.325 e. The van der Waals surface area contributed by atoms with Gasteiger partial charge in [-0.25, -0.2) is 4.79 Å². The number of hydrogen-bond donors (Lipinski definition) is 3. The lowest BCUT2D eigenvalue weighted by Gasteiger charge is -2.47. The van der Waals surface area contributed by atoms with E-state index in [9.17, 15) is 14.7 Å². The molecule has 108 valence electrons. The summed E-state index contributed by atoms with van der Waals surface area (Å²) in [7, 11) is 0. The van der Waals surface area contributed by atoms with Crippen LogP contribution in [0.2, 0.25) is 0 Å². The predicted molar refractivity (Wildman–Crippen MR) is 68.7 cm³/mol. The van der Waals surface area contributed by atoms with Crippen molar-refractivity contribution in [1.29, 1.82) is 0 Å². The Bertz CT molecular complexity index is 374. The van der Waals surface area contributed by atoms with Crippen LogP contribution in [-0.2, 0) is 4.79 Å². The number of carbonyl (C=O) groups excluding carboxylic acids is 1. The SMILES string of the molecule is C[C@H](NC(=O)N1CCC2(O)CCCCC2C1)C(=O)O. The van der Waals surface area contributed by atoms with Crippen LogP contribution in [0.1, 0.15) is 39.0 Å². The van der Waals surface area contributed by atoms with Crippen LogP contribution in [0.15, 0.2) is 0 Å². The molecule has 2 rings (SSSR count). The highest BCUT2D eigenvalue weighted by Gasteiger charge is 2.43. The van der Waals surface area contributed by atoms with Gasteiger partial charge in [-0.15, -0.1) is 0 Å². The van der Waals surface area contributed by atoms with E-state index in [1.807, 2.05) is 0 Å². The zero-order chi connectivity index (χ0) is 14.0. The average Bonchev–Trinajstić information content (AvgIpc) is 2.37. The van der Waals surface area contributed by atoms with Crippen molar-refractivity contribution < 1.29 is 19.8 Å². The van der Waals surface area contributed by atoms with Gasteiger partial charge in [0, 0.05) is 19.0 Å². The molecule has 0 bridgehead atoms. The third kappa shape index (κ3) is 3.00. The highest BCUT2D eigenvalue weighted by Crippen LogP contribution is 2.39. The van der Waals surface area contributed by atoms with Crippen molar-refractivity contribution in [3.8, 4) is 0 Å². The van der Waals surface area contributed by atoms with E-state index in [0.29, 0.717) is 19.5 Å². The van der Waals surface area contributed by atoms with Gasteiger partial charge in [0.15, 0.2) is 0 Å². The largest absolute Gasteiger partial charge is 0.480 e. The molecule has 1 heterocycles. The van der Waals surface area contributed by atoms with Crippen LogP contribution < -0.4 is 5.32 Å². The molecule has 2 unspecified atom stereocenters. The third-order valence-corrected chi connectivity index (χ3v) is 4.43. The van der Waals surface area contributed by atoms with E-state index in [4.69, 9.17) is 5.11 Å². The molecule has 0 spiro atoms. The predicted octanol–water partition coefficient (Wildman–Crippen LogP) is 0.796. The van der Waals surface area contributed by atoms with Crippen molar-refractivity contribution in [2.75, 3.05) is 13.1 Å². The number of aliphatic hydroxyl groups is 1. The number of piperidine rings is 1. The van der Waals surface area contributed by atoms with Gasteiger partial charge < -0.3 is 20.4 Å². The number of amides is 2. The van der Waals surface area contributed by atoms with Crippen LogP contribution in [0, 0.1) is 5.92 Å². The van der Waals surface area contributed by atoms with Gasteiger partial charge in [0.2, 0.25) is 0 Å². The molecule has 0 aromatic heterocycles. The summed E-state index contributed by atoms with van der Waals surface area (Å²) in [5.74, 6) is -0.916. The van der Waals surface area contributed by atoms with Crippen LogP contribution >= 0.6 is 0 Å². The van der Waals surface area contributed by atoms with Gasteiger partial charge in [-0.3, -0.25) is 4.79 Å². The Morgan fingerprint density at radius 2 is 2.11 bits per heavy atom. The zero-order valence-corrected chi connectivity index (χ0v) is 11.3. The number of urea groups is 1. The maximum absolute atomic E-state index is 12.0. The molecule has 1 aliphatic heterocycles. The number of carboxylic acids is 1. The number of fused-ring (bicyclic) bond motifs is 1. The van der Waals surface area contributed by atoms with Crippen LogP contribution in [-0.4, -0.2) is 51.8 Å². The molecule has 1 saturated heterocycles. The van der Waals surface area contributed by atoms with Crippen LogP contribution in [0.4, 0.5) is 4.79 Å². The fraction of sp³-hybridized carbons (Fsp3) is 0.846. The fourth-order valence-electron chi connectivity index (χ4n) is 3.09. The number of carbonyl (C=O) groups is 2. The van der Waals surface area contributed by atoms with Gasteiger partial charge in [-0.05, 0) is 26.2 Å². The molecular formula is C13H22N2O4. The first-order chi connectivity index (χ1) is 8.92. The minimum Gasteiger partial charge on any atom is -0.480 e. The second kappa shape index (κ2) is 5.36. The molecule has 6 nitrogen and oxygen atoms in total. The van der Waals surface area contributed by atoms with Crippen molar-refractivity contribution in [2.45, 2.75) is 50.7 Å². The Balaban J connectivity index is 1.93. The zero-order valence-electron chi connectivity index (χ0n) is 11.3. The lowest BCUT2D eigenvalue weighted by Crippen LogP contribution is -2.57. The molecule has 0 aromatic rings. The summed E-state index contributed by atoms with van der Waals surface area (Å²) in [6.45, 7) is 2.46. The Morgan fingerprint density at radius 1 is 1.37 bits per heavy atom. The minimum atomic E-state index is -1.04. The second-order valence-corrected chi connectivity index (χ2v) is 5.75. The molecule has 1 saturated carbocycles. The summed E-state index contributed by atoms with van der Waals surface area (Å²) in [5, 5.41) is 21.8. The number of carboxylic acid groups (broad SMARTS) is 1. The number of hydrogen-bond acceptors (Lipinski definition) is 3. The van der Waals surface area contributed by atoms with E-state index >= 15 is 0 Å². The molecule has 3 atom stereocenters. The molecule has 3 N–H and O–H groups in total. The summed E-state index contributed by atoms with van der Waals surface area (Å²) in [4.78, 5) is 24.3. The average molecular weight is 270 g/mol. The second-order valence-electron chi connectivity index (χ2n) is 5.75. The maximum Gasteiger partial charge on any atom is 0.325 e. The van der Waals surface area contributed by atoms with Gasteiger partial charge in [0.1, 0.15) is 6.04 Å². The Labute approximate surface area is 112 Å². The van der Waals surface area contributed by atoms with Gasteiger partial charge in [0.05, 0.1) is 5.60 Å². The molecule has 2 fully saturated rings. The Kier molecular flexibility index (Phi) is 3.99. The van der Waals surface area contributed by atoms with Crippen LogP contribution in [0.5, 0.6) is 0 Å². The topological polar surface area (TPSA) is 89.9 Å². The first-order valence-electron chi connectivity index (χ1n) is 6.93. The van der Waals surface area contributed by atoms with Gasteiger partial charge >= 0.3 is 12.0 Å². The minimum absolute atomic E-state index is 0.126. The summed E-state index contributed by atoms with van der Waals surface area (Å²) < 4.78 is 0. The van der Waals surface area contributed by atoms with E-state index in [1.54, 1.807) is 4.90 Å². The molecular weight excluding hydrogens is 248 g/mol. The molecule has 6 heteroatoms. The number of rotatable bonds is 2. The van der Waals surface area contributed by atoms with E-state index in [0.717, 1.165) is 25.7 Å². The first-order valence-corrected chi connectivity index (χ1v) is 6.93. The van der Waals surface area contributed by atoms with Crippen molar-refractivity contribution in [3.05, 3.63) is 0 Å². The van der Waals surface area contributed by atoms with Crippen LogP contribution in [0.25, 0.3) is 0 Å². The molecule has 19 heavy (non-hydrogen) atoms. The number of nitrogens with zero attached hydrogens (tertiary/aromatic N) is 1. The van der Waals surface area contributed by atoms with Gasteiger partial charge in [0.25, 0.3) is 0 Å². The normalized spacial score (nSPS) is 32.3. The van der Waals surface area contributed by atoms with E-state index in [-0.39, 0.29) is 11.9 Å². The lowest BCUT2D eigenvalue weighted by atomic mass is 9.71. The maximum atomic E-state index is 12.0. The standard InChI is InChI=1S/C13H22N2O4/c1-9(11(16)17)14-12(18)15-7-6-13(19)5-3-2-4-10(13)8-15/h9-10,19H,2-8H2,1H3,(H,14,18)(H,16,17)/t9-,10?,13?/m0/s1. The summed E-state index contributed by atoms with van der Waals surface area (Å²) in [5.41, 5.74) is -0.618. The van der Waals surface area contributed by atoms with Crippen molar-refractivity contribution in [2.24, 2.45) is 5.92 Å². The highest BCUT2D eigenvalue weighted by atomic mass is 16.4. The lowest BCUT2D eigenvalue weighted by molar-refractivity contribution is -0.138. The monoisotopic (exact) mass is 270 g/mol. The van der Waals surface area contributed by atoms with Gasteiger partial charge in [-0.2, -0.15) is 0 Å². The van der Waals surface area contributed by atoms with E-state index in [2.05, 4.69) is 5.32 Å². The third-order valence-electron chi connectivity index (χ3n) is 4.43. The van der Waals surface area contributed by atoms with E-state index < -0.39 is 17.6 Å². The number of nitrogens with one attached hydrogen (secondary N) is 1. The summed E-state index contributed by atoms with van der Waals surface area (Å²) in [6, 6.07) is -1.23. The Morgan fingerprint density at radius 3 is 2.79 bits per heavy atom.